The largest absolute Gasteiger partial charge is 0.492 e. The van der Waals surface area contributed by atoms with E-state index in [1.54, 1.807) is 12.4 Å². The van der Waals surface area contributed by atoms with Crippen LogP contribution in [0, 0.1) is 5.41 Å². The third-order valence-electron chi connectivity index (χ3n) is 4.08. The molecule has 1 saturated heterocycles. The van der Waals surface area contributed by atoms with Gasteiger partial charge in [-0.05, 0) is 38.3 Å². The van der Waals surface area contributed by atoms with Crippen LogP contribution in [0.1, 0.15) is 49.9 Å². The molecule has 1 unspecified atom stereocenters. The Morgan fingerprint density at radius 2 is 2.30 bits per heavy atom. The van der Waals surface area contributed by atoms with E-state index in [9.17, 15) is 4.79 Å². The van der Waals surface area contributed by atoms with Crippen molar-refractivity contribution < 1.29 is 9.53 Å². The van der Waals surface area contributed by atoms with Gasteiger partial charge >= 0.3 is 0 Å². The highest BCUT2D eigenvalue weighted by Gasteiger charge is 2.38. The lowest BCUT2D eigenvalue weighted by atomic mass is 9.73. The van der Waals surface area contributed by atoms with Crippen LogP contribution in [-0.2, 0) is 0 Å². The molecule has 0 spiro atoms. The summed E-state index contributed by atoms with van der Waals surface area (Å²) in [5.41, 5.74) is 0.396. The Kier molecular flexibility index (Phi) is 5.12. The van der Waals surface area contributed by atoms with Gasteiger partial charge in [-0.2, -0.15) is 0 Å². The predicted molar refractivity (Wildman–Crippen MR) is 79.2 cm³/mol. The molecule has 1 fully saturated rings. The van der Waals surface area contributed by atoms with Crippen molar-refractivity contribution in [2.24, 2.45) is 5.41 Å². The molecule has 20 heavy (non-hydrogen) atoms. The van der Waals surface area contributed by atoms with E-state index in [1.165, 1.54) is 0 Å². The van der Waals surface area contributed by atoms with Gasteiger partial charge in [0.1, 0.15) is 5.75 Å². The highest BCUT2D eigenvalue weighted by atomic mass is 16.5. The minimum atomic E-state index is -0.274. The first-order chi connectivity index (χ1) is 9.72. The van der Waals surface area contributed by atoms with Crippen LogP contribution >= 0.6 is 0 Å². The fraction of sp³-hybridized carbons (Fsp3) is 0.625. The molecule has 0 radical (unpaired) electrons. The SMILES string of the molecule is CCCOc1cncc(C(=O)C2(CC)CCCNC2)c1. The minimum absolute atomic E-state index is 0.196. The first-order valence-electron chi connectivity index (χ1n) is 7.55. The van der Waals surface area contributed by atoms with Gasteiger partial charge in [0, 0.05) is 23.7 Å². The maximum Gasteiger partial charge on any atom is 0.171 e. The molecule has 0 bridgehead atoms. The van der Waals surface area contributed by atoms with E-state index in [2.05, 4.69) is 24.1 Å². The summed E-state index contributed by atoms with van der Waals surface area (Å²) in [4.78, 5) is 17.0. The van der Waals surface area contributed by atoms with Crippen LogP contribution in [0.3, 0.4) is 0 Å². The molecule has 110 valence electrons. The fourth-order valence-electron chi connectivity index (χ4n) is 2.77. The maximum absolute atomic E-state index is 12.8. The molecule has 1 atom stereocenters. The van der Waals surface area contributed by atoms with E-state index in [-0.39, 0.29) is 11.2 Å². The van der Waals surface area contributed by atoms with Gasteiger partial charge in [0.2, 0.25) is 0 Å². The summed E-state index contributed by atoms with van der Waals surface area (Å²) in [6, 6.07) is 1.83. The summed E-state index contributed by atoms with van der Waals surface area (Å²) in [6.07, 6.45) is 7.14. The summed E-state index contributed by atoms with van der Waals surface area (Å²) in [5.74, 6) is 0.884. The van der Waals surface area contributed by atoms with Crippen molar-refractivity contribution in [3.05, 3.63) is 24.0 Å². The lowest BCUT2D eigenvalue weighted by Gasteiger charge is -2.35. The van der Waals surface area contributed by atoms with Crippen LogP contribution in [-0.4, -0.2) is 30.5 Å². The lowest BCUT2D eigenvalue weighted by molar-refractivity contribution is 0.0729. The second-order valence-electron chi connectivity index (χ2n) is 5.50. The van der Waals surface area contributed by atoms with Crippen molar-refractivity contribution in [1.82, 2.24) is 10.3 Å². The summed E-state index contributed by atoms with van der Waals surface area (Å²) in [6.45, 7) is 6.58. The van der Waals surface area contributed by atoms with Crippen LogP contribution < -0.4 is 10.1 Å². The Morgan fingerprint density at radius 1 is 1.45 bits per heavy atom. The average Bonchev–Trinajstić information content (AvgIpc) is 2.53. The first-order valence-corrected chi connectivity index (χ1v) is 7.55. The number of rotatable bonds is 6. The van der Waals surface area contributed by atoms with Gasteiger partial charge in [0.25, 0.3) is 0 Å². The summed E-state index contributed by atoms with van der Waals surface area (Å²) in [7, 11) is 0. The van der Waals surface area contributed by atoms with Crippen LogP contribution in [0.15, 0.2) is 18.5 Å². The van der Waals surface area contributed by atoms with Gasteiger partial charge in [0.15, 0.2) is 5.78 Å². The number of aromatic nitrogens is 1. The molecule has 0 amide bonds. The standard InChI is InChI=1S/C16H24N2O2/c1-3-8-20-14-9-13(10-18-11-14)15(19)16(4-2)6-5-7-17-12-16/h9-11,17H,3-8,12H2,1-2H3. The number of piperidine rings is 1. The maximum atomic E-state index is 12.8. The number of nitrogens with zero attached hydrogens (tertiary/aromatic N) is 1. The number of hydrogen-bond acceptors (Lipinski definition) is 4. The fourth-order valence-corrected chi connectivity index (χ4v) is 2.77. The Labute approximate surface area is 120 Å². The molecule has 0 aliphatic carbocycles. The van der Waals surface area contributed by atoms with E-state index in [4.69, 9.17) is 4.74 Å². The normalized spacial score (nSPS) is 22.5. The zero-order valence-corrected chi connectivity index (χ0v) is 12.4. The van der Waals surface area contributed by atoms with Crippen LogP contribution in [0.25, 0.3) is 0 Å². The van der Waals surface area contributed by atoms with Gasteiger partial charge in [-0.1, -0.05) is 13.8 Å². The predicted octanol–water partition coefficient (Wildman–Crippen LogP) is 2.83. The molecular formula is C16H24N2O2. The highest BCUT2D eigenvalue weighted by molar-refractivity contribution is 6.00. The molecule has 1 aliphatic heterocycles. The van der Waals surface area contributed by atoms with Gasteiger partial charge in [-0.25, -0.2) is 0 Å². The van der Waals surface area contributed by atoms with Crippen molar-refractivity contribution >= 4 is 5.78 Å². The third kappa shape index (κ3) is 3.18. The summed E-state index contributed by atoms with van der Waals surface area (Å²) < 4.78 is 5.57. The molecule has 0 aromatic carbocycles. The van der Waals surface area contributed by atoms with Gasteiger partial charge in [-0.15, -0.1) is 0 Å². The van der Waals surface area contributed by atoms with E-state index < -0.39 is 0 Å². The number of ether oxygens (including phenoxy) is 1. The lowest BCUT2D eigenvalue weighted by Crippen LogP contribution is -2.45. The molecule has 1 N–H and O–H groups in total. The van der Waals surface area contributed by atoms with Crippen LogP contribution in [0.2, 0.25) is 0 Å². The smallest absolute Gasteiger partial charge is 0.171 e. The number of carbonyl (C=O) groups excluding carboxylic acids is 1. The summed E-state index contributed by atoms with van der Waals surface area (Å²) in [5, 5.41) is 3.35. The Morgan fingerprint density at radius 3 is 2.95 bits per heavy atom. The molecular weight excluding hydrogens is 252 g/mol. The van der Waals surface area contributed by atoms with E-state index >= 15 is 0 Å². The topological polar surface area (TPSA) is 51.2 Å². The molecule has 0 saturated carbocycles. The van der Waals surface area contributed by atoms with Crippen molar-refractivity contribution in [2.45, 2.75) is 39.5 Å². The number of carbonyl (C=O) groups is 1. The molecule has 4 heteroatoms. The third-order valence-corrected chi connectivity index (χ3v) is 4.08. The van der Waals surface area contributed by atoms with E-state index in [1.807, 2.05) is 6.07 Å². The molecule has 1 aliphatic rings. The van der Waals surface area contributed by atoms with Crippen LogP contribution in [0.4, 0.5) is 0 Å². The number of hydrogen-bond donors (Lipinski definition) is 1. The first kappa shape index (κ1) is 15.0. The van der Waals surface area contributed by atoms with Crippen LogP contribution in [0.5, 0.6) is 5.75 Å². The van der Waals surface area contributed by atoms with E-state index in [0.717, 1.165) is 38.8 Å². The number of Topliss-reactive ketones (excluding diaryl/α,β-unsaturated/α-hetero) is 1. The monoisotopic (exact) mass is 276 g/mol. The molecule has 2 rings (SSSR count). The minimum Gasteiger partial charge on any atom is -0.492 e. The van der Waals surface area contributed by atoms with E-state index in [0.29, 0.717) is 17.9 Å². The molecule has 4 nitrogen and oxygen atoms in total. The molecule has 1 aromatic heterocycles. The van der Waals surface area contributed by atoms with Gasteiger partial charge < -0.3 is 10.1 Å². The van der Waals surface area contributed by atoms with Gasteiger partial charge in [-0.3, -0.25) is 9.78 Å². The zero-order chi connectivity index (χ0) is 14.4. The zero-order valence-electron chi connectivity index (χ0n) is 12.4. The Hall–Kier alpha value is -1.42. The number of ketones is 1. The Balaban J connectivity index is 2.18. The Bertz CT molecular complexity index is 454. The second kappa shape index (κ2) is 6.84. The quantitative estimate of drug-likeness (QED) is 0.812. The summed E-state index contributed by atoms with van der Waals surface area (Å²) >= 11 is 0. The number of nitrogens with one attached hydrogen (secondary N) is 1. The second-order valence-corrected chi connectivity index (χ2v) is 5.50. The van der Waals surface area contributed by atoms with Crippen molar-refractivity contribution in [1.29, 1.82) is 0 Å². The molecule has 2 heterocycles. The van der Waals surface area contributed by atoms with Crippen molar-refractivity contribution in [3.63, 3.8) is 0 Å². The van der Waals surface area contributed by atoms with Crippen molar-refractivity contribution in [3.8, 4) is 5.75 Å². The highest BCUT2D eigenvalue weighted by Crippen LogP contribution is 2.34. The number of pyridine rings is 1. The van der Waals surface area contributed by atoms with Crippen molar-refractivity contribution in [2.75, 3.05) is 19.7 Å². The molecule has 1 aromatic rings. The average molecular weight is 276 g/mol. The van der Waals surface area contributed by atoms with Gasteiger partial charge in [0.05, 0.1) is 12.8 Å².